The first-order chi connectivity index (χ1) is 21.0. The van der Waals surface area contributed by atoms with E-state index in [9.17, 15) is 0 Å². The lowest BCUT2D eigenvalue weighted by atomic mass is 9.85. The summed E-state index contributed by atoms with van der Waals surface area (Å²) < 4.78 is 13.2. The molecule has 0 radical (unpaired) electrons. The zero-order chi connectivity index (χ0) is 30.9. The maximum absolute atomic E-state index is 6.63. The SMILES string of the molecule is Cc1c(N)c(N)c(-c2ccc3oc4ccc5c(-c6c(N)c(N)c(N)c(N)c6P)ccc6oc7ccc2c3c7-c4c65)c(P)c1N. The predicted octanol–water partition coefficient (Wildman–Crippen LogP) is 5.75. The molecule has 2 aliphatic heterocycles. The third-order valence-electron chi connectivity index (χ3n) is 9.07. The molecule has 218 valence electrons. The van der Waals surface area contributed by atoms with Crippen LogP contribution in [0.1, 0.15) is 5.56 Å². The predicted molar refractivity (Wildman–Crippen MR) is 194 cm³/mol. The number of nitrogens with two attached hydrogens (primary N) is 7. The number of benzene rings is 6. The highest BCUT2D eigenvalue weighted by Crippen LogP contribution is 2.52. The van der Waals surface area contributed by atoms with Crippen LogP contribution in [0.4, 0.5) is 39.8 Å². The molecular weight excluding hydrogens is 588 g/mol. The summed E-state index contributed by atoms with van der Waals surface area (Å²) in [6.45, 7) is 1.87. The highest BCUT2D eigenvalue weighted by atomic mass is 31.0. The lowest BCUT2D eigenvalue weighted by molar-refractivity contribution is 0.646. The average molecular weight is 618 g/mol. The Bertz CT molecular complexity index is 2280. The highest BCUT2D eigenvalue weighted by Gasteiger charge is 2.28. The van der Waals surface area contributed by atoms with E-state index in [0.29, 0.717) is 50.5 Å². The molecular formula is C33H29N7O2P2. The Kier molecular flexibility index (Phi) is 5.26. The molecule has 11 heteroatoms. The summed E-state index contributed by atoms with van der Waals surface area (Å²) in [5.74, 6) is 0. The molecule has 0 saturated carbocycles. The summed E-state index contributed by atoms with van der Waals surface area (Å²) in [5.41, 5.74) is 56.3. The van der Waals surface area contributed by atoms with Crippen molar-refractivity contribution >= 4 is 113 Å². The van der Waals surface area contributed by atoms with Crippen LogP contribution in [0, 0.1) is 6.92 Å². The maximum Gasteiger partial charge on any atom is 0.136 e. The van der Waals surface area contributed by atoms with Gasteiger partial charge < -0.3 is 49.0 Å². The van der Waals surface area contributed by atoms with Crippen molar-refractivity contribution in [2.75, 3.05) is 40.1 Å². The van der Waals surface area contributed by atoms with Crippen molar-refractivity contribution in [1.29, 1.82) is 0 Å². The van der Waals surface area contributed by atoms with Crippen LogP contribution in [0.15, 0.2) is 57.4 Å². The quantitative estimate of drug-likeness (QED) is 0.0544. The van der Waals surface area contributed by atoms with Crippen LogP contribution in [0.5, 0.6) is 0 Å². The molecule has 0 aliphatic carbocycles. The van der Waals surface area contributed by atoms with Crippen molar-refractivity contribution in [3.05, 3.63) is 54.1 Å². The normalized spacial score (nSPS) is 12.2. The van der Waals surface area contributed by atoms with Crippen molar-refractivity contribution < 1.29 is 8.83 Å². The van der Waals surface area contributed by atoms with Gasteiger partial charge in [-0.15, -0.1) is 18.5 Å². The number of nitrogen functional groups attached to an aromatic ring is 7. The van der Waals surface area contributed by atoms with E-state index in [4.69, 9.17) is 49.0 Å². The van der Waals surface area contributed by atoms with Crippen molar-refractivity contribution in [2.45, 2.75) is 6.92 Å². The van der Waals surface area contributed by atoms with Gasteiger partial charge in [0.05, 0.1) is 34.1 Å². The van der Waals surface area contributed by atoms with Crippen LogP contribution < -0.4 is 50.7 Å². The van der Waals surface area contributed by atoms with E-state index in [0.717, 1.165) is 71.4 Å². The Labute approximate surface area is 255 Å². The van der Waals surface area contributed by atoms with Crippen LogP contribution in [-0.4, -0.2) is 0 Å². The van der Waals surface area contributed by atoms with E-state index in [-0.39, 0.29) is 11.4 Å². The van der Waals surface area contributed by atoms with E-state index in [2.05, 4.69) is 18.5 Å². The number of anilines is 7. The Balaban J connectivity index is 1.50. The fraction of sp³-hybridized carbons (Fsp3) is 0.0303. The van der Waals surface area contributed by atoms with Gasteiger partial charge in [-0.25, -0.2) is 0 Å². The maximum atomic E-state index is 6.63. The second-order valence-electron chi connectivity index (χ2n) is 11.2. The van der Waals surface area contributed by atoms with Crippen LogP contribution in [0.25, 0.3) is 77.3 Å². The summed E-state index contributed by atoms with van der Waals surface area (Å²) >= 11 is 0. The van der Waals surface area contributed by atoms with Crippen molar-refractivity contribution in [1.82, 2.24) is 0 Å². The minimum Gasteiger partial charge on any atom is -0.456 e. The van der Waals surface area contributed by atoms with Gasteiger partial charge in [0.15, 0.2) is 0 Å². The zero-order valence-electron chi connectivity index (χ0n) is 23.6. The Hall–Kier alpha value is -5.10. The number of hydrogen-bond acceptors (Lipinski definition) is 9. The van der Waals surface area contributed by atoms with E-state index in [1.165, 1.54) is 0 Å². The first kappa shape index (κ1) is 26.5. The molecule has 2 atom stereocenters. The molecule has 2 heterocycles. The first-order valence-electron chi connectivity index (χ1n) is 13.8. The lowest BCUT2D eigenvalue weighted by Gasteiger charge is -2.24. The third kappa shape index (κ3) is 3.15. The first-order valence-corrected chi connectivity index (χ1v) is 15.0. The van der Waals surface area contributed by atoms with Crippen molar-refractivity contribution in [2.24, 2.45) is 0 Å². The Morgan fingerprint density at radius 1 is 0.432 bits per heavy atom. The fourth-order valence-corrected chi connectivity index (χ4v) is 7.69. The summed E-state index contributed by atoms with van der Waals surface area (Å²) in [7, 11) is 5.40. The fourth-order valence-electron chi connectivity index (χ4n) is 6.70. The van der Waals surface area contributed by atoms with Gasteiger partial charge in [0.1, 0.15) is 22.3 Å². The number of rotatable bonds is 2. The third-order valence-corrected chi connectivity index (χ3v) is 10.3. The molecule has 9 nitrogen and oxygen atoms in total. The summed E-state index contributed by atoms with van der Waals surface area (Å²) in [5, 5.41) is 5.10. The minimum absolute atomic E-state index is 0.254. The van der Waals surface area contributed by atoms with Gasteiger partial charge in [-0.1, -0.05) is 0 Å². The number of hydrogen-bond donors (Lipinski definition) is 7. The van der Waals surface area contributed by atoms with Crippen molar-refractivity contribution in [3.8, 4) is 33.4 Å². The van der Waals surface area contributed by atoms with Gasteiger partial charge in [-0.05, 0) is 82.9 Å². The van der Waals surface area contributed by atoms with Gasteiger partial charge in [0, 0.05) is 49.3 Å². The standard InChI is InChI=1S/C33H29N7O2P2/c1-10-25(34)27(36)21(32(43)26(10)35)13-4-6-15-19-11(13)2-8-17-23(19)24-18(41-15)9-3-12-14(5-7-16(42-17)20(12)24)22-28(37)29(38)30(39)31(40)33(22)44/h2-9H,34-40,43-44H2,1H3. The van der Waals surface area contributed by atoms with Crippen LogP contribution >= 0.6 is 18.5 Å². The molecule has 0 spiro atoms. The van der Waals surface area contributed by atoms with Gasteiger partial charge in [0.25, 0.3) is 0 Å². The summed E-state index contributed by atoms with van der Waals surface area (Å²) in [4.78, 5) is 0. The van der Waals surface area contributed by atoms with Crippen LogP contribution in [0.2, 0.25) is 0 Å². The lowest BCUT2D eigenvalue weighted by Crippen LogP contribution is -2.15. The van der Waals surface area contributed by atoms with Gasteiger partial charge in [0.2, 0.25) is 0 Å². The molecule has 0 saturated heterocycles. The molecule has 6 aromatic rings. The molecule has 14 N–H and O–H groups in total. The molecule has 0 bridgehead atoms. The molecule has 0 amide bonds. The monoisotopic (exact) mass is 617 g/mol. The molecule has 0 fully saturated rings. The van der Waals surface area contributed by atoms with E-state index in [1.807, 2.05) is 55.5 Å². The van der Waals surface area contributed by atoms with E-state index >= 15 is 0 Å². The van der Waals surface area contributed by atoms with Gasteiger partial charge >= 0.3 is 0 Å². The summed E-state index contributed by atoms with van der Waals surface area (Å²) in [6, 6.07) is 15.8. The largest absolute Gasteiger partial charge is 0.456 e. The van der Waals surface area contributed by atoms with E-state index < -0.39 is 0 Å². The van der Waals surface area contributed by atoms with E-state index in [1.54, 1.807) is 0 Å². The zero-order valence-corrected chi connectivity index (χ0v) is 25.9. The molecule has 2 aliphatic rings. The smallest absolute Gasteiger partial charge is 0.136 e. The molecule has 44 heavy (non-hydrogen) atoms. The average Bonchev–Trinajstić information content (AvgIpc) is 3.03. The topological polar surface area (TPSA) is 208 Å². The van der Waals surface area contributed by atoms with Crippen LogP contribution in [0.3, 0.4) is 0 Å². The van der Waals surface area contributed by atoms with Gasteiger partial charge in [-0.3, -0.25) is 0 Å². The molecule has 6 aromatic carbocycles. The van der Waals surface area contributed by atoms with Crippen molar-refractivity contribution in [3.63, 3.8) is 0 Å². The Morgan fingerprint density at radius 3 is 1.34 bits per heavy atom. The van der Waals surface area contributed by atoms with Crippen LogP contribution in [-0.2, 0) is 0 Å². The highest BCUT2D eigenvalue weighted by molar-refractivity contribution is 7.29. The molecule has 2 unspecified atom stereocenters. The Morgan fingerprint density at radius 2 is 0.841 bits per heavy atom. The second kappa shape index (κ2) is 8.73. The minimum atomic E-state index is 0.254. The molecule has 8 rings (SSSR count). The summed E-state index contributed by atoms with van der Waals surface area (Å²) in [6.07, 6.45) is 0. The second-order valence-corrected chi connectivity index (χ2v) is 12.4. The molecule has 0 aromatic heterocycles. The van der Waals surface area contributed by atoms with Gasteiger partial charge in [-0.2, -0.15) is 0 Å².